The molecule has 0 spiro atoms. The van der Waals surface area contributed by atoms with Crippen LogP contribution in [0.4, 0.5) is 4.39 Å². The van der Waals surface area contributed by atoms with E-state index in [-0.39, 0.29) is 40.1 Å². The van der Waals surface area contributed by atoms with E-state index in [9.17, 15) is 38.4 Å². The number of amides is 3. The Hall–Kier alpha value is -3.62. The van der Waals surface area contributed by atoms with Gasteiger partial charge in [-0.3, -0.25) is 18.9 Å². The van der Waals surface area contributed by atoms with E-state index < -0.39 is 31.5 Å². The van der Waals surface area contributed by atoms with Crippen LogP contribution in [-0.4, -0.2) is 68.5 Å². The topological polar surface area (TPSA) is 151 Å². The van der Waals surface area contributed by atoms with Crippen LogP contribution < -0.4 is 5.32 Å². The number of fused-ring (bicyclic) bond motifs is 2. The molecule has 3 fully saturated rings. The molecule has 0 bridgehead atoms. The van der Waals surface area contributed by atoms with Gasteiger partial charge in [-0.2, -0.15) is 5.26 Å². The molecule has 13 heteroatoms. The molecule has 3 aliphatic heterocycles. The highest BCUT2D eigenvalue weighted by atomic mass is 32.1. The molecule has 4 heterocycles. The van der Waals surface area contributed by atoms with Gasteiger partial charge in [0.25, 0.3) is 5.91 Å². The van der Waals surface area contributed by atoms with Gasteiger partial charge < -0.3 is 24.9 Å². The summed E-state index contributed by atoms with van der Waals surface area (Å²) >= 11 is 1.13. The Bertz CT molecular complexity index is 1710. The third-order valence-electron chi connectivity index (χ3n) is 9.29. The Morgan fingerprint density at radius 3 is 2.53 bits per heavy atom. The van der Waals surface area contributed by atoms with Gasteiger partial charge >= 0.3 is 7.60 Å². The lowest BCUT2D eigenvalue weighted by Gasteiger charge is -2.36. The maximum atomic E-state index is 14.3. The van der Waals surface area contributed by atoms with Gasteiger partial charge in [-0.1, -0.05) is 49.2 Å². The number of nitriles is 1. The fraction of sp³-hybridized carbons (Fsp3) is 0.438. The number of hydrogen-bond acceptors (Lipinski definition) is 6. The van der Waals surface area contributed by atoms with Crippen molar-refractivity contribution in [2.75, 3.05) is 13.1 Å². The third kappa shape index (κ3) is 6.27. The van der Waals surface area contributed by atoms with Gasteiger partial charge in [-0.15, -0.1) is 11.3 Å². The van der Waals surface area contributed by atoms with Gasteiger partial charge in [-0.25, -0.2) is 4.39 Å². The van der Waals surface area contributed by atoms with Crippen molar-refractivity contribution in [3.05, 3.63) is 70.6 Å². The number of hydrogen-bond donors (Lipinski definition) is 3. The first-order chi connectivity index (χ1) is 21.5. The van der Waals surface area contributed by atoms with E-state index in [0.29, 0.717) is 42.4 Å². The Morgan fingerprint density at radius 2 is 1.80 bits per heavy atom. The normalized spacial score (nSPS) is 26.2. The number of carbonyl (C=O) groups excluding carboxylic acids is 3. The van der Waals surface area contributed by atoms with Crippen molar-refractivity contribution in [1.29, 1.82) is 5.26 Å². The first-order valence-corrected chi connectivity index (χ1v) is 17.6. The lowest BCUT2D eigenvalue weighted by Crippen LogP contribution is -2.56. The zero-order valence-corrected chi connectivity index (χ0v) is 26.1. The van der Waals surface area contributed by atoms with Crippen LogP contribution in [0.3, 0.4) is 0 Å². The molecule has 10 nitrogen and oxygen atoms in total. The molecule has 45 heavy (non-hydrogen) atoms. The summed E-state index contributed by atoms with van der Waals surface area (Å²) < 4.78 is 26.3. The lowest BCUT2D eigenvalue weighted by molar-refractivity contribution is -0.146. The van der Waals surface area contributed by atoms with Crippen molar-refractivity contribution in [3.63, 3.8) is 0 Å². The van der Waals surface area contributed by atoms with Crippen LogP contribution in [-0.2, 0) is 14.2 Å². The van der Waals surface area contributed by atoms with Crippen LogP contribution in [0.15, 0.2) is 54.6 Å². The first kappa shape index (κ1) is 31.4. The highest BCUT2D eigenvalue weighted by molar-refractivity contribution is 7.51. The molecule has 1 unspecified atom stereocenters. The van der Waals surface area contributed by atoms with Gasteiger partial charge in [0.05, 0.1) is 16.9 Å². The van der Waals surface area contributed by atoms with E-state index in [1.807, 2.05) is 30.3 Å². The number of thiophene rings is 1. The smallest absolute Gasteiger partial charge is 0.340 e. The third-order valence-corrected chi connectivity index (χ3v) is 11.3. The summed E-state index contributed by atoms with van der Waals surface area (Å²) in [7, 11) is -4.98. The first-order valence-electron chi connectivity index (χ1n) is 15.1. The molecule has 1 aromatic heterocycles. The second kappa shape index (κ2) is 12.6. The van der Waals surface area contributed by atoms with Crippen LogP contribution in [0.1, 0.15) is 71.2 Å². The van der Waals surface area contributed by atoms with Crippen LogP contribution in [0, 0.1) is 17.2 Å². The minimum Gasteiger partial charge on any atom is -0.340 e. The van der Waals surface area contributed by atoms with E-state index in [1.54, 1.807) is 9.80 Å². The van der Waals surface area contributed by atoms with Crippen molar-refractivity contribution >= 4 is 46.7 Å². The van der Waals surface area contributed by atoms with E-state index >= 15 is 0 Å². The number of nitrogens with zero attached hydrogens (tertiary/aromatic N) is 3. The van der Waals surface area contributed by atoms with Crippen molar-refractivity contribution in [2.24, 2.45) is 5.92 Å². The maximum Gasteiger partial charge on any atom is 0.363 e. The van der Waals surface area contributed by atoms with Crippen LogP contribution in [0.25, 0.3) is 10.1 Å². The largest absolute Gasteiger partial charge is 0.363 e. The zero-order valence-electron chi connectivity index (χ0n) is 24.4. The fourth-order valence-corrected chi connectivity index (χ4v) is 8.51. The summed E-state index contributed by atoms with van der Waals surface area (Å²) in [5.74, 6) is -3.83. The standard InChI is InChI=1S/C32H34FN4O6PS/c33-29(44(41,42)43)20-10-13-27-21(14-20)15-28(45-27)30(38)35-25-9-5-4-8-23-11-12-26(37(23)31(25)39)32(40)36-17-22(16-34)24(18-36)19-6-2-1-3-7-19/h1-3,6-7,10,13-15,22-26,29H,4-5,8-9,11-12,17-18H2,(H,35,38)(H2,41,42,43)/t22-,23+,24+,25+,26?,29+/m1/s1. The second-order valence-corrected chi connectivity index (χ2v) is 14.8. The summed E-state index contributed by atoms with van der Waals surface area (Å²) in [5, 5.41) is 13.2. The molecule has 3 saturated heterocycles. The van der Waals surface area contributed by atoms with Gasteiger partial charge in [0, 0.05) is 29.7 Å². The SMILES string of the molecule is N#C[C@@H]1CN(C(=O)C2CC[C@@H]3CCCC[C@H](NC(=O)c4cc5cc([C@@H](F)P(=O)(O)O)ccc5s4)C(=O)N23)C[C@H]1c1ccccc1. The van der Waals surface area contributed by atoms with E-state index in [2.05, 4.69) is 11.4 Å². The molecule has 3 N–H and O–H groups in total. The van der Waals surface area contributed by atoms with Gasteiger partial charge in [0.15, 0.2) is 0 Å². The molecule has 6 atom stereocenters. The summed E-state index contributed by atoms with van der Waals surface area (Å²) in [6.45, 7) is 0.721. The molecule has 3 amide bonds. The highest BCUT2D eigenvalue weighted by Gasteiger charge is 2.47. The Morgan fingerprint density at radius 1 is 1.04 bits per heavy atom. The lowest BCUT2D eigenvalue weighted by atomic mass is 9.90. The summed E-state index contributed by atoms with van der Waals surface area (Å²) in [6, 6.07) is 16.1. The van der Waals surface area contributed by atoms with E-state index in [0.717, 1.165) is 36.2 Å². The van der Waals surface area contributed by atoms with Crippen molar-refractivity contribution in [1.82, 2.24) is 15.1 Å². The number of likely N-dealkylation sites (tertiary alicyclic amines) is 1. The predicted octanol–water partition coefficient (Wildman–Crippen LogP) is 4.84. The summed E-state index contributed by atoms with van der Waals surface area (Å²) in [4.78, 5) is 63.5. The molecule has 3 aliphatic rings. The van der Waals surface area contributed by atoms with Crippen LogP contribution in [0.5, 0.6) is 0 Å². The molecule has 0 radical (unpaired) electrons. The zero-order chi connectivity index (χ0) is 31.9. The Labute approximate surface area is 264 Å². The Balaban J connectivity index is 1.18. The number of alkyl halides is 1. The molecule has 0 aliphatic carbocycles. The number of nitrogens with one attached hydrogen (secondary N) is 1. The van der Waals surface area contributed by atoms with Crippen molar-refractivity contribution in [3.8, 4) is 6.07 Å². The average molecular weight is 653 g/mol. The van der Waals surface area contributed by atoms with Gasteiger partial charge in [0.1, 0.15) is 12.1 Å². The Kier molecular flexibility index (Phi) is 8.81. The summed E-state index contributed by atoms with van der Waals surface area (Å²) in [5.41, 5.74) is 0.832. The summed E-state index contributed by atoms with van der Waals surface area (Å²) in [6.07, 6.45) is 4.03. The number of benzene rings is 2. The molecule has 3 aromatic rings. The van der Waals surface area contributed by atoms with Crippen molar-refractivity contribution in [2.45, 2.75) is 68.5 Å². The number of carbonyl (C=O) groups is 3. The van der Waals surface area contributed by atoms with E-state index in [1.165, 1.54) is 24.3 Å². The molecule has 236 valence electrons. The van der Waals surface area contributed by atoms with Crippen molar-refractivity contribution < 1.29 is 33.1 Å². The monoisotopic (exact) mass is 652 g/mol. The molecule has 2 aromatic carbocycles. The number of rotatable bonds is 6. The molecule has 6 rings (SSSR count). The van der Waals surface area contributed by atoms with Crippen LogP contribution >= 0.6 is 18.9 Å². The maximum absolute atomic E-state index is 14.3. The predicted molar refractivity (Wildman–Crippen MR) is 166 cm³/mol. The quantitative estimate of drug-likeness (QED) is 0.322. The van der Waals surface area contributed by atoms with Gasteiger partial charge in [-0.05, 0) is 60.4 Å². The second-order valence-electron chi connectivity index (χ2n) is 12.1. The minimum atomic E-state index is -4.98. The highest BCUT2D eigenvalue weighted by Crippen LogP contribution is 2.53. The minimum absolute atomic E-state index is 0.0996. The van der Waals surface area contributed by atoms with Gasteiger partial charge in [0.2, 0.25) is 17.7 Å². The molecular formula is C32H34FN4O6PS. The van der Waals surface area contributed by atoms with Crippen LogP contribution in [0.2, 0.25) is 0 Å². The van der Waals surface area contributed by atoms with E-state index in [4.69, 9.17) is 0 Å². The average Bonchev–Trinajstić information content (AvgIpc) is 3.77. The molecular weight excluding hydrogens is 618 g/mol. The molecule has 0 saturated carbocycles. The fourth-order valence-electron chi connectivity index (χ4n) is 7.02. The number of halogens is 1.